The summed E-state index contributed by atoms with van der Waals surface area (Å²) in [7, 11) is 0. The summed E-state index contributed by atoms with van der Waals surface area (Å²) in [5, 5.41) is 3.30. The van der Waals surface area contributed by atoms with Gasteiger partial charge in [-0.15, -0.1) is 0 Å². The number of amides is 1. The van der Waals surface area contributed by atoms with Gasteiger partial charge in [0.15, 0.2) is 17.3 Å². The van der Waals surface area contributed by atoms with Crippen LogP contribution in [0, 0.1) is 0 Å². The van der Waals surface area contributed by atoms with E-state index < -0.39 is 0 Å². The van der Waals surface area contributed by atoms with Gasteiger partial charge in [-0.3, -0.25) is 9.59 Å². The molecule has 1 N–H and O–H groups in total. The fourth-order valence-electron chi connectivity index (χ4n) is 5.29. The Labute approximate surface area is 228 Å². The second-order valence-electron chi connectivity index (χ2n) is 11.8. The van der Waals surface area contributed by atoms with E-state index in [4.69, 9.17) is 9.47 Å². The molecule has 0 aromatic heterocycles. The molecule has 2 aromatic rings. The number of fused-ring (bicyclic) bond motifs is 1. The normalized spacial score (nSPS) is 16.3. The molecule has 1 atom stereocenters. The first kappa shape index (κ1) is 28.2. The van der Waals surface area contributed by atoms with Gasteiger partial charge in [0.25, 0.3) is 0 Å². The number of unbranched alkanes of at least 4 members (excludes halogenated alkanes) is 2. The third-order valence-electron chi connectivity index (χ3n) is 7.51. The van der Waals surface area contributed by atoms with Crippen molar-refractivity contribution in [3.05, 3.63) is 59.2 Å². The molecule has 0 saturated carbocycles. The third-order valence-corrected chi connectivity index (χ3v) is 7.51. The van der Waals surface area contributed by atoms with E-state index in [-0.39, 0.29) is 23.1 Å². The number of benzene rings is 2. The van der Waals surface area contributed by atoms with Crippen LogP contribution >= 0.6 is 0 Å². The molecule has 1 amide bonds. The van der Waals surface area contributed by atoms with Crippen molar-refractivity contribution in [1.29, 1.82) is 0 Å². The molecule has 206 valence electrons. The second kappa shape index (κ2) is 13.3. The van der Waals surface area contributed by atoms with E-state index >= 15 is 0 Å². The van der Waals surface area contributed by atoms with Crippen molar-refractivity contribution in [3.63, 3.8) is 0 Å². The minimum absolute atomic E-state index is 0.0563. The zero-order valence-corrected chi connectivity index (χ0v) is 23.4. The SMILES string of the molecule is CC(C)(C)c1ccc(C(=O)CCCCCC(=O)N[C@@H](Cc2ccc3c(c2)OCCO3)CN2CCCC2)cc1. The zero-order chi connectivity index (χ0) is 27.0. The van der Waals surface area contributed by atoms with Crippen LogP contribution in [0.4, 0.5) is 0 Å². The Morgan fingerprint density at radius 1 is 0.895 bits per heavy atom. The molecule has 0 spiro atoms. The Morgan fingerprint density at radius 2 is 1.58 bits per heavy atom. The van der Waals surface area contributed by atoms with Crippen LogP contribution in [0.5, 0.6) is 11.5 Å². The van der Waals surface area contributed by atoms with Gasteiger partial charge in [0.2, 0.25) is 5.91 Å². The van der Waals surface area contributed by atoms with Gasteiger partial charge in [-0.2, -0.15) is 0 Å². The molecule has 2 heterocycles. The molecule has 38 heavy (non-hydrogen) atoms. The summed E-state index contributed by atoms with van der Waals surface area (Å²) in [5.41, 5.74) is 3.24. The second-order valence-corrected chi connectivity index (χ2v) is 11.8. The number of hydrogen-bond acceptors (Lipinski definition) is 5. The van der Waals surface area contributed by atoms with Gasteiger partial charge >= 0.3 is 0 Å². The molecule has 2 aliphatic rings. The lowest BCUT2D eigenvalue weighted by Crippen LogP contribution is -2.44. The number of ether oxygens (including phenoxy) is 2. The summed E-state index contributed by atoms with van der Waals surface area (Å²) >= 11 is 0. The Kier molecular flexibility index (Phi) is 9.84. The quantitative estimate of drug-likeness (QED) is 0.287. The van der Waals surface area contributed by atoms with E-state index in [1.165, 1.54) is 18.4 Å². The lowest BCUT2D eigenvalue weighted by molar-refractivity contribution is -0.122. The summed E-state index contributed by atoms with van der Waals surface area (Å²) in [4.78, 5) is 27.9. The Balaban J connectivity index is 1.21. The van der Waals surface area contributed by atoms with Crippen molar-refractivity contribution >= 4 is 11.7 Å². The first-order valence-corrected chi connectivity index (χ1v) is 14.3. The average Bonchev–Trinajstić information content (AvgIpc) is 3.41. The van der Waals surface area contributed by atoms with E-state index in [1.807, 2.05) is 24.3 Å². The van der Waals surface area contributed by atoms with Gasteiger partial charge in [-0.1, -0.05) is 57.5 Å². The Bertz CT molecular complexity index is 1070. The van der Waals surface area contributed by atoms with E-state index in [1.54, 1.807) is 0 Å². The first-order chi connectivity index (χ1) is 18.3. The lowest BCUT2D eigenvalue weighted by atomic mass is 9.86. The Hall–Kier alpha value is -2.86. The maximum atomic E-state index is 12.8. The van der Waals surface area contributed by atoms with E-state index in [9.17, 15) is 9.59 Å². The monoisotopic (exact) mass is 520 g/mol. The summed E-state index contributed by atoms with van der Waals surface area (Å²) < 4.78 is 11.4. The number of Topliss-reactive ketones (excluding diaryl/α,β-unsaturated/α-hetero) is 1. The minimum atomic E-state index is 0.0563. The molecule has 4 rings (SSSR count). The topological polar surface area (TPSA) is 67.9 Å². The van der Waals surface area contributed by atoms with E-state index in [0.29, 0.717) is 26.1 Å². The summed E-state index contributed by atoms with van der Waals surface area (Å²) in [6.07, 6.45) is 6.71. The molecule has 0 radical (unpaired) electrons. The maximum absolute atomic E-state index is 12.8. The Morgan fingerprint density at radius 3 is 2.29 bits per heavy atom. The smallest absolute Gasteiger partial charge is 0.220 e. The number of nitrogens with zero attached hydrogens (tertiary/aromatic N) is 1. The van der Waals surface area contributed by atoms with Crippen molar-refractivity contribution < 1.29 is 19.1 Å². The van der Waals surface area contributed by atoms with Crippen molar-refractivity contribution in [2.75, 3.05) is 32.8 Å². The number of carbonyl (C=O) groups is 2. The van der Waals surface area contributed by atoms with Crippen molar-refractivity contribution in [2.45, 2.75) is 83.6 Å². The van der Waals surface area contributed by atoms with Crippen LogP contribution in [0.15, 0.2) is 42.5 Å². The van der Waals surface area contributed by atoms with Gasteiger partial charge < -0.3 is 19.7 Å². The van der Waals surface area contributed by atoms with Crippen molar-refractivity contribution in [3.8, 4) is 11.5 Å². The molecule has 1 fully saturated rings. The molecule has 1 saturated heterocycles. The van der Waals surface area contributed by atoms with Crippen LogP contribution in [-0.4, -0.2) is 55.5 Å². The van der Waals surface area contributed by atoms with Gasteiger partial charge in [0.1, 0.15) is 13.2 Å². The fourth-order valence-corrected chi connectivity index (χ4v) is 5.29. The van der Waals surface area contributed by atoms with Crippen LogP contribution in [0.3, 0.4) is 0 Å². The van der Waals surface area contributed by atoms with Crippen LogP contribution < -0.4 is 14.8 Å². The van der Waals surface area contributed by atoms with Gasteiger partial charge in [-0.25, -0.2) is 0 Å². The fraction of sp³-hybridized carbons (Fsp3) is 0.562. The summed E-state index contributed by atoms with van der Waals surface area (Å²) in [6, 6.07) is 14.1. The van der Waals surface area contributed by atoms with Gasteiger partial charge in [0, 0.05) is 31.0 Å². The average molecular weight is 521 g/mol. The molecular formula is C32H44N2O4. The van der Waals surface area contributed by atoms with E-state index in [0.717, 1.165) is 67.9 Å². The maximum Gasteiger partial charge on any atom is 0.220 e. The summed E-state index contributed by atoms with van der Waals surface area (Å²) in [6.45, 7) is 10.7. The molecule has 6 heteroatoms. The third kappa shape index (κ3) is 8.32. The molecular weight excluding hydrogens is 476 g/mol. The largest absolute Gasteiger partial charge is 0.486 e. The minimum Gasteiger partial charge on any atom is -0.486 e. The number of ketones is 1. The van der Waals surface area contributed by atoms with Crippen LogP contribution in [-0.2, 0) is 16.6 Å². The molecule has 0 aliphatic carbocycles. The van der Waals surface area contributed by atoms with Gasteiger partial charge in [0.05, 0.1) is 0 Å². The van der Waals surface area contributed by atoms with Gasteiger partial charge in [-0.05, 0) is 73.9 Å². The van der Waals surface area contributed by atoms with Crippen molar-refractivity contribution in [1.82, 2.24) is 10.2 Å². The van der Waals surface area contributed by atoms with Crippen molar-refractivity contribution in [2.24, 2.45) is 0 Å². The predicted molar refractivity (Wildman–Crippen MR) is 151 cm³/mol. The molecule has 2 aliphatic heterocycles. The van der Waals surface area contributed by atoms with E-state index in [2.05, 4.69) is 49.2 Å². The molecule has 0 bridgehead atoms. The zero-order valence-electron chi connectivity index (χ0n) is 23.4. The first-order valence-electron chi connectivity index (χ1n) is 14.3. The number of hydrogen-bond donors (Lipinski definition) is 1. The van der Waals surface area contributed by atoms with Crippen LogP contribution in [0.1, 0.15) is 87.2 Å². The highest BCUT2D eigenvalue weighted by Gasteiger charge is 2.21. The van der Waals surface area contributed by atoms with Crippen LogP contribution in [0.2, 0.25) is 0 Å². The number of nitrogens with one attached hydrogen (secondary N) is 1. The lowest BCUT2D eigenvalue weighted by Gasteiger charge is -2.25. The molecule has 6 nitrogen and oxygen atoms in total. The standard InChI is InChI=1S/C32H44N2O4/c1-32(2,3)26-14-12-25(13-15-26)28(35)9-5-4-6-10-31(36)33-27(23-34-17-7-8-18-34)21-24-11-16-29-30(22-24)38-20-19-37-29/h11-16,22,27H,4-10,17-21,23H2,1-3H3,(H,33,36)/t27-/m0/s1. The highest BCUT2D eigenvalue weighted by Crippen LogP contribution is 2.31. The predicted octanol–water partition coefficient (Wildman–Crippen LogP) is 5.71. The highest BCUT2D eigenvalue weighted by molar-refractivity contribution is 5.96. The highest BCUT2D eigenvalue weighted by atomic mass is 16.6. The molecule has 2 aromatic carbocycles. The number of carbonyl (C=O) groups excluding carboxylic acids is 2. The summed E-state index contributed by atoms with van der Waals surface area (Å²) in [5.74, 6) is 1.86. The number of rotatable bonds is 12. The molecule has 0 unspecified atom stereocenters. The number of likely N-dealkylation sites (tertiary alicyclic amines) is 1. The van der Waals surface area contributed by atoms with Crippen LogP contribution in [0.25, 0.3) is 0 Å².